The third kappa shape index (κ3) is 2.09. The third-order valence-electron chi connectivity index (χ3n) is 2.56. The van der Waals surface area contributed by atoms with Gasteiger partial charge in [-0.2, -0.15) is 5.26 Å². The monoisotopic (exact) mass is 241 g/mol. The summed E-state index contributed by atoms with van der Waals surface area (Å²) in [6.07, 6.45) is 1.55. The normalized spacial score (nSPS) is 11.3. The highest BCUT2D eigenvalue weighted by atomic mass is 16.5. The lowest BCUT2D eigenvalue weighted by atomic mass is 10.1. The average Bonchev–Trinajstić information content (AvgIpc) is 2.77. The number of ketones is 1. The van der Waals surface area contributed by atoms with E-state index in [2.05, 4.69) is 10.2 Å². The van der Waals surface area contributed by atoms with E-state index in [1.54, 1.807) is 12.1 Å². The molecule has 0 atom stereocenters. The van der Waals surface area contributed by atoms with E-state index in [0.29, 0.717) is 5.88 Å². The molecule has 1 heterocycles. The van der Waals surface area contributed by atoms with Crippen LogP contribution in [0.5, 0.6) is 5.88 Å². The molecule has 5 heteroatoms. The zero-order chi connectivity index (χ0) is 13.1. The van der Waals surface area contributed by atoms with Gasteiger partial charge in [0.2, 0.25) is 5.88 Å². The van der Waals surface area contributed by atoms with Gasteiger partial charge >= 0.3 is 0 Å². The second-order valence-corrected chi connectivity index (χ2v) is 3.76. The lowest BCUT2D eigenvalue weighted by Crippen LogP contribution is -1.92. The first kappa shape index (κ1) is 11.9. The Labute approximate surface area is 104 Å². The van der Waals surface area contributed by atoms with E-state index in [-0.39, 0.29) is 11.4 Å². The molecule has 1 N–H and O–H groups in total. The summed E-state index contributed by atoms with van der Waals surface area (Å²) < 4.78 is 5.11. The van der Waals surface area contributed by atoms with Crippen molar-refractivity contribution in [2.45, 2.75) is 6.92 Å². The van der Waals surface area contributed by atoms with Crippen molar-refractivity contribution in [3.8, 4) is 11.9 Å². The van der Waals surface area contributed by atoms with E-state index in [9.17, 15) is 4.79 Å². The van der Waals surface area contributed by atoms with Gasteiger partial charge in [-0.25, -0.2) is 0 Å². The van der Waals surface area contributed by atoms with Crippen LogP contribution in [0, 0.1) is 11.3 Å². The molecule has 0 aliphatic heterocycles. The summed E-state index contributed by atoms with van der Waals surface area (Å²) in [4.78, 5) is 11.2. The molecule has 1 aromatic heterocycles. The molecule has 1 aromatic carbocycles. The van der Waals surface area contributed by atoms with Gasteiger partial charge in [0.15, 0.2) is 5.78 Å². The Hall–Kier alpha value is -2.61. The molecule has 0 bridgehead atoms. The standard InChI is InChI=1S/C13H11N3O2/c1-8(17)10(7-14)5-9-3-4-12-11(6-9)13(18-2)16-15-12/h3-6H,1-2H3,(H,15,16)/b10-5+. The number of carbonyl (C=O) groups excluding carboxylic acids is 1. The van der Waals surface area contributed by atoms with Gasteiger partial charge in [0.05, 0.1) is 23.6 Å². The molecule has 0 amide bonds. The maximum Gasteiger partial charge on any atom is 0.240 e. The number of nitrogens with one attached hydrogen (secondary N) is 1. The Morgan fingerprint density at radius 2 is 2.33 bits per heavy atom. The van der Waals surface area contributed by atoms with Gasteiger partial charge in [-0.15, -0.1) is 5.10 Å². The van der Waals surface area contributed by atoms with Crippen LogP contribution in [0.1, 0.15) is 12.5 Å². The van der Waals surface area contributed by atoms with Crippen molar-refractivity contribution in [2.24, 2.45) is 0 Å². The van der Waals surface area contributed by atoms with Crippen LogP contribution < -0.4 is 4.74 Å². The number of rotatable bonds is 3. The van der Waals surface area contributed by atoms with E-state index in [4.69, 9.17) is 10.00 Å². The number of methoxy groups -OCH3 is 1. The summed E-state index contributed by atoms with van der Waals surface area (Å²) in [5.74, 6) is 0.235. The first-order valence-corrected chi connectivity index (χ1v) is 5.30. The molecule has 0 aliphatic carbocycles. The number of allylic oxidation sites excluding steroid dienone is 1. The molecule has 0 saturated heterocycles. The molecule has 0 spiro atoms. The van der Waals surface area contributed by atoms with E-state index in [1.165, 1.54) is 14.0 Å². The predicted octanol–water partition coefficient (Wildman–Crippen LogP) is 2.07. The summed E-state index contributed by atoms with van der Waals surface area (Å²) in [7, 11) is 1.54. The van der Waals surface area contributed by atoms with Gasteiger partial charge in [-0.3, -0.25) is 9.89 Å². The smallest absolute Gasteiger partial charge is 0.240 e. The first-order valence-electron chi connectivity index (χ1n) is 5.30. The Morgan fingerprint density at radius 1 is 1.56 bits per heavy atom. The summed E-state index contributed by atoms with van der Waals surface area (Å²) in [6, 6.07) is 7.33. The van der Waals surface area contributed by atoms with Gasteiger partial charge in [0.1, 0.15) is 6.07 Å². The number of aromatic nitrogens is 2. The fourth-order valence-corrected chi connectivity index (χ4v) is 1.63. The zero-order valence-electron chi connectivity index (χ0n) is 10.0. The number of nitrogens with zero attached hydrogens (tertiary/aromatic N) is 2. The van der Waals surface area contributed by atoms with Gasteiger partial charge in [-0.05, 0) is 30.7 Å². The molecule has 0 saturated carbocycles. The quantitative estimate of drug-likeness (QED) is 0.659. The molecule has 0 aliphatic rings. The summed E-state index contributed by atoms with van der Waals surface area (Å²) in [5, 5.41) is 16.5. The van der Waals surface area contributed by atoms with Crippen LogP contribution in [0.3, 0.4) is 0 Å². The van der Waals surface area contributed by atoms with Gasteiger partial charge in [-0.1, -0.05) is 6.07 Å². The van der Waals surface area contributed by atoms with Gasteiger partial charge in [0, 0.05) is 0 Å². The summed E-state index contributed by atoms with van der Waals surface area (Å²) >= 11 is 0. The molecule has 0 unspecified atom stereocenters. The Kier molecular flexibility index (Phi) is 3.11. The predicted molar refractivity (Wildman–Crippen MR) is 66.9 cm³/mol. The topological polar surface area (TPSA) is 78.8 Å². The summed E-state index contributed by atoms with van der Waals surface area (Å²) in [5.41, 5.74) is 1.72. The number of hydrogen-bond donors (Lipinski definition) is 1. The van der Waals surface area contributed by atoms with Crippen LogP contribution in [0.15, 0.2) is 23.8 Å². The fourth-order valence-electron chi connectivity index (χ4n) is 1.63. The van der Waals surface area contributed by atoms with Crippen LogP contribution in [0.2, 0.25) is 0 Å². The van der Waals surface area contributed by atoms with Crippen LogP contribution in [0.4, 0.5) is 0 Å². The fraction of sp³-hybridized carbons (Fsp3) is 0.154. The Balaban J connectivity index is 2.53. The number of hydrogen-bond acceptors (Lipinski definition) is 4. The maximum atomic E-state index is 11.2. The van der Waals surface area contributed by atoms with Crippen molar-refractivity contribution in [3.63, 3.8) is 0 Å². The molecule has 0 radical (unpaired) electrons. The van der Waals surface area contributed by atoms with Crippen LogP contribution >= 0.6 is 0 Å². The van der Waals surface area contributed by atoms with E-state index < -0.39 is 0 Å². The molecule has 90 valence electrons. The number of aromatic amines is 1. The highest BCUT2D eigenvalue weighted by Crippen LogP contribution is 2.24. The third-order valence-corrected chi connectivity index (χ3v) is 2.56. The highest BCUT2D eigenvalue weighted by Gasteiger charge is 2.07. The average molecular weight is 241 g/mol. The summed E-state index contributed by atoms with van der Waals surface area (Å²) in [6.45, 7) is 1.37. The number of Topliss-reactive ketones (excluding diaryl/α,β-unsaturated/α-hetero) is 1. The van der Waals surface area contributed by atoms with Crippen molar-refractivity contribution in [1.82, 2.24) is 10.2 Å². The zero-order valence-corrected chi connectivity index (χ0v) is 10.0. The number of ether oxygens (including phenoxy) is 1. The van der Waals surface area contributed by atoms with Crippen molar-refractivity contribution >= 4 is 22.8 Å². The second kappa shape index (κ2) is 4.72. The lowest BCUT2D eigenvalue weighted by molar-refractivity contribution is -0.113. The first-order chi connectivity index (χ1) is 8.65. The van der Waals surface area contributed by atoms with E-state index in [1.807, 2.05) is 18.2 Å². The Bertz CT molecular complexity index is 677. The molecule has 18 heavy (non-hydrogen) atoms. The number of nitriles is 1. The second-order valence-electron chi connectivity index (χ2n) is 3.76. The molecule has 5 nitrogen and oxygen atoms in total. The minimum Gasteiger partial charge on any atom is -0.480 e. The van der Waals surface area contributed by atoms with Crippen molar-refractivity contribution in [3.05, 3.63) is 29.3 Å². The van der Waals surface area contributed by atoms with Crippen molar-refractivity contribution in [1.29, 1.82) is 5.26 Å². The minimum atomic E-state index is -0.253. The maximum absolute atomic E-state index is 11.2. The van der Waals surface area contributed by atoms with Crippen molar-refractivity contribution < 1.29 is 9.53 Å². The molecular formula is C13H11N3O2. The number of H-pyrrole nitrogens is 1. The minimum absolute atomic E-state index is 0.122. The van der Waals surface area contributed by atoms with Gasteiger partial charge in [0.25, 0.3) is 0 Å². The van der Waals surface area contributed by atoms with Crippen LogP contribution in [-0.2, 0) is 4.79 Å². The van der Waals surface area contributed by atoms with Crippen LogP contribution in [0.25, 0.3) is 17.0 Å². The Morgan fingerprint density at radius 3 is 2.94 bits per heavy atom. The van der Waals surface area contributed by atoms with Gasteiger partial charge < -0.3 is 4.74 Å². The largest absolute Gasteiger partial charge is 0.480 e. The number of fused-ring (bicyclic) bond motifs is 1. The molecule has 2 aromatic rings. The van der Waals surface area contributed by atoms with Crippen LogP contribution in [-0.4, -0.2) is 23.1 Å². The van der Waals surface area contributed by atoms with Crippen molar-refractivity contribution in [2.75, 3.05) is 7.11 Å². The SMILES string of the molecule is COc1n[nH]c2ccc(/C=C(\C#N)C(C)=O)cc12. The lowest BCUT2D eigenvalue weighted by Gasteiger charge is -1.97. The van der Waals surface area contributed by atoms with E-state index in [0.717, 1.165) is 16.5 Å². The number of benzene rings is 1. The highest BCUT2D eigenvalue weighted by molar-refractivity contribution is 6.02. The number of carbonyl (C=O) groups is 1. The molecule has 2 rings (SSSR count). The van der Waals surface area contributed by atoms with E-state index >= 15 is 0 Å². The molecule has 0 fully saturated rings. The molecular weight excluding hydrogens is 230 g/mol.